The van der Waals surface area contributed by atoms with Crippen molar-refractivity contribution >= 4 is 18.0 Å². The lowest BCUT2D eigenvalue weighted by atomic mass is 9.87. The van der Waals surface area contributed by atoms with E-state index < -0.39 is 12.0 Å². The van der Waals surface area contributed by atoms with Gasteiger partial charge in [-0.15, -0.1) is 0 Å². The molecule has 0 rings (SSSR count). The van der Waals surface area contributed by atoms with Crippen LogP contribution in [0, 0.1) is 5.41 Å². The van der Waals surface area contributed by atoms with Crippen LogP contribution < -0.4 is 0 Å². The Hall–Kier alpha value is -1.23. The second kappa shape index (κ2) is 15.8. The van der Waals surface area contributed by atoms with Crippen molar-refractivity contribution in [1.29, 1.82) is 0 Å². The zero-order valence-corrected chi connectivity index (χ0v) is 18.0. The van der Waals surface area contributed by atoms with Crippen LogP contribution in [0.5, 0.6) is 0 Å². The lowest BCUT2D eigenvalue weighted by molar-refractivity contribution is -0.142. The standard InChI is InChI=1S/C22H41NO4/c1-5-6-7-8-9-10-11-12-13-14-19(25)15-16-22(2,3)18-23-20(17-24)21(26)27-4/h18,20,24H,5-17H2,1-4H3. The normalized spacial score (nSPS) is 13.1. The molecule has 0 aromatic heterocycles. The summed E-state index contributed by atoms with van der Waals surface area (Å²) >= 11 is 0. The van der Waals surface area contributed by atoms with E-state index in [2.05, 4.69) is 16.7 Å². The van der Waals surface area contributed by atoms with Gasteiger partial charge in [0.2, 0.25) is 0 Å². The van der Waals surface area contributed by atoms with Gasteiger partial charge in [0.25, 0.3) is 0 Å². The predicted molar refractivity (Wildman–Crippen MR) is 111 cm³/mol. The Bertz CT molecular complexity index is 432. The van der Waals surface area contributed by atoms with Crippen molar-refractivity contribution in [2.24, 2.45) is 10.4 Å². The molecule has 0 heterocycles. The van der Waals surface area contributed by atoms with Crippen molar-refractivity contribution in [3.05, 3.63) is 0 Å². The first-order chi connectivity index (χ1) is 12.9. The summed E-state index contributed by atoms with van der Waals surface area (Å²) in [5.41, 5.74) is -0.296. The molecule has 0 aromatic carbocycles. The average Bonchev–Trinajstić information content (AvgIpc) is 2.65. The van der Waals surface area contributed by atoms with Crippen molar-refractivity contribution < 1.29 is 19.4 Å². The van der Waals surface area contributed by atoms with Crippen LogP contribution in [-0.4, -0.2) is 42.8 Å². The zero-order chi connectivity index (χ0) is 20.5. The van der Waals surface area contributed by atoms with Crippen molar-refractivity contribution in [3.63, 3.8) is 0 Å². The highest BCUT2D eigenvalue weighted by molar-refractivity contribution is 5.80. The molecule has 0 aromatic rings. The van der Waals surface area contributed by atoms with Gasteiger partial charge in [-0.3, -0.25) is 9.79 Å². The third-order valence-corrected chi connectivity index (χ3v) is 4.86. The number of ketones is 1. The number of aliphatic hydroxyl groups excluding tert-OH is 1. The number of aliphatic hydroxyl groups is 1. The molecule has 1 unspecified atom stereocenters. The number of carbonyl (C=O) groups excluding carboxylic acids is 2. The Morgan fingerprint density at radius 1 is 1.00 bits per heavy atom. The minimum Gasteiger partial charge on any atom is -0.467 e. The summed E-state index contributed by atoms with van der Waals surface area (Å²) in [6, 6.07) is -0.882. The molecule has 5 heteroatoms. The summed E-state index contributed by atoms with van der Waals surface area (Å²) in [4.78, 5) is 27.6. The highest BCUT2D eigenvalue weighted by Crippen LogP contribution is 2.21. The zero-order valence-electron chi connectivity index (χ0n) is 18.0. The number of rotatable bonds is 17. The van der Waals surface area contributed by atoms with E-state index in [9.17, 15) is 14.7 Å². The number of carbonyl (C=O) groups is 2. The topological polar surface area (TPSA) is 76.0 Å². The highest BCUT2D eigenvalue weighted by Gasteiger charge is 2.20. The Labute approximate surface area is 166 Å². The maximum atomic E-state index is 12.1. The van der Waals surface area contributed by atoms with Crippen LogP contribution in [0.4, 0.5) is 0 Å². The van der Waals surface area contributed by atoms with Gasteiger partial charge in [-0.1, -0.05) is 72.1 Å². The molecule has 158 valence electrons. The number of nitrogens with zero attached hydrogens (tertiary/aromatic N) is 1. The van der Waals surface area contributed by atoms with Gasteiger partial charge >= 0.3 is 5.97 Å². The van der Waals surface area contributed by atoms with E-state index in [4.69, 9.17) is 0 Å². The molecule has 0 bridgehead atoms. The number of aliphatic imine (C=N–C) groups is 1. The van der Waals surface area contributed by atoms with Crippen LogP contribution in [0.3, 0.4) is 0 Å². The van der Waals surface area contributed by atoms with Gasteiger partial charge in [-0.25, -0.2) is 4.79 Å². The van der Waals surface area contributed by atoms with Gasteiger partial charge in [-0.2, -0.15) is 0 Å². The fourth-order valence-corrected chi connectivity index (χ4v) is 2.89. The van der Waals surface area contributed by atoms with E-state index in [0.717, 1.165) is 12.8 Å². The lowest BCUT2D eigenvalue weighted by Gasteiger charge is -2.19. The lowest BCUT2D eigenvalue weighted by Crippen LogP contribution is -2.26. The van der Waals surface area contributed by atoms with Crippen molar-refractivity contribution in [3.8, 4) is 0 Å². The summed E-state index contributed by atoms with van der Waals surface area (Å²) in [7, 11) is 1.27. The SMILES string of the molecule is CCCCCCCCCCCC(=O)CCC(C)(C)C=NC(CO)C(=O)OC. The van der Waals surface area contributed by atoms with Crippen molar-refractivity contribution in [2.45, 2.75) is 104 Å². The molecule has 0 aliphatic carbocycles. The van der Waals surface area contributed by atoms with Gasteiger partial charge < -0.3 is 9.84 Å². The van der Waals surface area contributed by atoms with Crippen LogP contribution >= 0.6 is 0 Å². The van der Waals surface area contributed by atoms with E-state index in [1.54, 1.807) is 6.21 Å². The van der Waals surface area contributed by atoms with Crippen LogP contribution in [-0.2, 0) is 14.3 Å². The Balaban J connectivity index is 3.90. The quantitative estimate of drug-likeness (QED) is 0.220. The molecule has 0 aliphatic heterocycles. The molecule has 0 amide bonds. The molecular weight excluding hydrogens is 342 g/mol. The van der Waals surface area contributed by atoms with E-state index in [1.165, 1.54) is 52.1 Å². The smallest absolute Gasteiger partial charge is 0.332 e. The van der Waals surface area contributed by atoms with Gasteiger partial charge in [0.1, 0.15) is 5.78 Å². The number of methoxy groups -OCH3 is 1. The highest BCUT2D eigenvalue weighted by atomic mass is 16.5. The summed E-state index contributed by atoms with van der Waals surface area (Å²) in [5, 5.41) is 9.19. The summed E-state index contributed by atoms with van der Waals surface area (Å²) < 4.78 is 4.60. The molecule has 0 aliphatic rings. The van der Waals surface area contributed by atoms with Gasteiger partial charge in [0.15, 0.2) is 6.04 Å². The monoisotopic (exact) mass is 383 g/mol. The van der Waals surface area contributed by atoms with E-state index >= 15 is 0 Å². The van der Waals surface area contributed by atoms with Crippen molar-refractivity contribution in [2.75, 3.05) is 13.7 Å². The maximum Gasteiger partial charge on any atom is 0.332 e. The molecule has 1 atom stereocenters. The van der Waals surface area contributed by atoms with Gasteiger partial charge in [0, 0.05) is 24.5 Å². The maximum absolute atomic E-state index is 12.1. The molecule has 0 radical (unpaired) electrons. The summed E-state index contributed by atoms with van der Waals surface area (Å²) in [5.74, 6) is -0.253. The number of hydrogen-bond donors (Lipinski definition) is 1. The predicted octanol–water partition coefficient (Wildman–Crippen LogP) is 4.89. The van der Waals surface area contributed by atoms with Crippen LogP contribution in [0.15, 0.2) is 4.99 Å². The molecule has 27 heavy (non-hydrogen) atoms. The van der Waals surface area contributed by atoms with E-state index in [1.807, 2.05) is 13.8 Å². The third kappa shape index (κ3) is 14.5. The fourth-order valence-electron chi connectivity index (χ4n) is 2.89. The van der Waals surface area contributed by atoms with Gasteiger partial charge in [-0.05, 0) is 12.8 Å². The summed E-state index contributed by atoms with van der Waals surface area (Å²) in [6.45, 7) is 5.82. The largest absolute Gasteiger partial charge is 0.467 e. The molecular formula is C22H41NO4. The first kappa shape index (κ1) is 25.8. The van der Waals surface area contributed by atoms with Crippen LogP contribution in [0.2, 0.25) is 0 Å². The Morgan fingerprint density at radius 3 is 2.07 bits per heavy atom. The molecule has 1 N–H and O–H groups in total. The minimum absolute atomic E-state index is 0.296. The molecule has 0 fully saturated rings. The van der Waals surface area contributed by atoms with E-state index in [0.29, 0.717) is 25.0 Å². The van der Waals surface area contributed by atoms with E-state index in [-0.39, 0.29) is 12.0 Å². The number of Topliss-reactive ketones (excluding diaryl/α,β-unsaturated/α-hetero) is 1. The first-order valence-electron chi connectivity index (χ1n) is 10.6. The second-order valence-electron chi connectivity index (χ2n) is 8.11. The number of esters is 1. The Morgan fingerprint density at radius 2 is 1.56 bits per heavy atom. The van der Waals surface area contributed by atoms with Gasteiger partial charge in [0.05, 0.1) is 13.7 Å². The number of hydrogen-bond acceptors (Lipinski definition) is 5. The molecule has 0 saturated carbocycles. The molecule has 0 spiro atoms. The molecule has 5 nitrogen and oxygen atoms in total. The van der Waals surface area contributed by atoms with Crippen LogP contribution in [0.1, 0.15) is 97.8 Å². The van der Waals surface area contributed by atoms with Crippen LogP contribution in [0.25, 0.3) is 0 Å². The van der Waals surface area contributed by atoms with Crippen molar-refractivity contribution in [1.82, 2.24) is 0 Å². The fraction of sp³-hybridized carbons (Fsp3) is 0.864. The third-order valence-electron chi connectivity index (χ3n) is 4.86. The average molecular weight is 384 g/mol. The number of unbranched alkanes of at least 4 members (excludes halogenated alkanes) is 8. The first-order valence-corrected chi connectivity index (χ1v) is 10.6. The Kier molecular flexibility index (Phi) is 15.1. The molecule has 0 saturated heterocycles. The number of ether oxygens (including phenoxy) is 1. The summed E-state index contributed by atoms with van der Waals surface area (Å²) in [6.07, 6.45) is 14.8. The second-order valence-corrected chi connectivity index (χ2v) is 8.11. The minimum atomic E-state index is -0.882.